The average molecular weight is 563 g/mol. The molecule has 9 heteroatoms. The number of benzene rings is 1. The third-order valence-corrected chi connectivity index (χ3v) is 11.9. The van der Waals surface area contributed by atoms with E-state index in [0.29, 0.717) is 12.8 Å². The number of hydrogen-bond acceptors (Lipinski definition) is 7. The summed E-state index contributed by atoms with van der Waals surface area (Å²) in [7, 11) is -7.85. The first-order valence-electron chi connectivity index (χ1n) is 13.7. The van der Waals surface area contributed by atoms with E-state index in [1.54, 1.807) is 13.8 Å². The maximum absolute atomic E-state index is 14.5. The topological polar surface area (TPSA) is 91.3 Å². The molecule has 0 fully saturated rings. The lowest BCUT2D eigenvalue weighted by molar-refractivity contribution is 0.183. The summed E-state index contributed by atoms with van der Waals surface area (Å²) in [6.07, 6.45) is 3.21. The molecule has 0 aliphatic rings. The minimum absolute atomic E-state index is 0.0965. The van der Waals surface area contributed by atoms with Gasteiger partial charge in [-0.25, -0.2) is 0 Å². The van der Waals surface area contributed by atoms with Gasteiger partial charge >= 0.3 is 15.2 Å². The Hall–Kier alpha value is -0.680. The minimum Gasteiger partial charge on any atom is -0.507 e. The molecule has 1 aromatic carbocycles. The first-order valence-corrected chi connectivity index (χ1v) is 17.0. The fourth-order valence-corrected chi connectivity index (χ4v) is 9.39. The summed E-state index contributed by atoms with van der Waals surface area (Å²) in [4.78, 5) is 0. The van der Waals surface area contributed by atoms with Gasteiger partial charge in [0, 0.05) is 0 Å². The molecule has 0 aliphatic heterocycles. The van der Waals surface area contributed by atoms with Gasteiger partial charge in [0.15, 0.2) is 5.40 Å². The minimum atomic E-state index is -3.93. The van der Waals surface area contributed by atoms with E-state index in [1.165, 1.54) is 0 Å². The molecule has 1 atom stereocenters. The molecule has 0 saturated carbocycles. The third kappa shape index (κ3) is 9.78. The molecule has 0 radical (unpaired) electrons. The van der Waals surface area contributed by atoms with E-state index in [4.69, 9.17) is 18.1 Å². The van der Waals surface area contributed by atoms with Crippen LogP contribution in [0.5, 0.6) is 5.75 Å². The van der Waals surface area contributed by atoms with Gasteiger partial charge in [-0.05, 0) is 60.6 Å². The summed E-state index contributed by atoms with van der Waals surface area (Å²) in [6, 6.07) is 3.81. The highest BCUT2D eigenvalue weighted by molar-refractivity contribution is 7.72. The lowest BCUT2D eigenvalue weighted by Gasteiger charge is -2.33. The Morgan fingerprint density at radius 3 is 1.43 bits per heavy atom. The van der Waals surface area contributed by atoms with Gasteiger partial charge in [0.1, 0.15) is 5.75 Å². The molecule has 0 saturated heterocycles. The van der Waals surface area contributed by atoms with Crippen LogP contribution in [0, 0.1) is 0 Å². The molecule has 0 spiro atoms. The SMILES string of the molecule is CCCCOP(=O)(OCCCC)C(Cc1cc(C(C)(C)C)c(O)c(C(C)(C)C)c1)P(=O)(OCC)OCC. The Morgan fingerprint density at radius 1 is 0.730 bits per heavy atom. The number of phenols is 1. The average Bonchev–Trinajstić information content (AvgIpc) is 2.77. The van der Waals surface area contributed by atoms with Crippen molar-refractivity contribution >= 4 is 15.2 Å². The van der Waals surface area contributed by atoms with Gasteiger partial charge in [0.05, 0.1) is 26.4 Å². The van der Waals surface area contributed by atoms with Crippen LogP contribution >= 0.6 is 15.2 Å². The molecule has 0 aliphatic carbocycles. The molecule has 216 valence electrons. The molecule has 1 rings (SSSR count). The quantitative estimate of drug-likeness (QED) is 0.159. The molecular weight excluding hydrogens is 510 g/mol. The van der Waals surface area contributed by atoms with E-state index in [2.05, 4.69) is 0 Å². The number of unbranched alkanes of at least 4 members (excludes halogenated alkanes) is 2. The Balaban J connectivity index is 3.82. The van der Waals surface area contributed by atoms with Gasteiger partial charge in [0.25, 0.3) is 0 Å². The normalized spacial score (nSPS) is 14.2. The van der Waals surface area contributed by atoms with Crippen LogP contribution in [0.3, 0.4) is 0 Å². The Bertz CT molecular complexity index is 872. The largest absolute Gasteiger partial charge is 0.507 e. The molecule has 0 aromatic heterocycles. The first kappa shape index (κ1) is 34.3. The highest BCUT2D eigenvalue weighted by Crippen LogP contribution is 2.71. The zero-order valence-electron chi connectivity index (χ0n) is 24.9. The van der Waals surface area contributed by atoms with Crippen molar-refractivity contribution in [1.29, 1.82) is 0 Å². The van der Waals surface area contributed by atoms with Crippen molar-refractivity contribution in [3.8, 4) is 5.75 Å². The second-order valence-corrected chi connectivity index (χ2v) is 16.4. The third-order valence-electron chi connectivity index (χ3n) is 6.09. The van der Waals surface area contributed by atoms with Gasteiger partial charge in [-0.15, -0.1) is 0 Å². The van der Waals surface area contributed by atoms with Crippen LogP contribution in [0.1, 0.15) is 112 Å². The van der Waals surface area contributed by atoms with Gasteiger partial charge in [0.2, 0.25) is 0 Å². The Labute approximate surface area is 226 Å². The van der Waals surface area contributed by atoms with E-state index in [-0.39, 0.29) is 49.4 Å². The van der Waals surface area contributed by atoms with Crippen LogP contribution in [-0.2, 0) is 44.5 Å². The molecule has 1 N–H and O–H groups in total. The summed E-state index contributed by atoms with van der Waals surface area (Å²) in [5.41, 5.74) is 1.61. The monoisotopic (exact) mass is 562 g/mol. The van der Waals surface area contributed by atoms with Crippen LogP contribution in [0.25, 0.3) is 0 Å². The van der Waals surface area contributed by atoms with E-state index in [9.17, 15) is 14.2 Å². The predicted molar refractivity (Wildman–Crippen MR) is 153 cm³/mol. The van der Waals surface area contributed by atoms with Crippen molar-refractivity contribution in [2.24, 2.45) is 0 Å². The van der Waals surface area contributed by atoms with Crippen molar-refractivity contribution in [1.82, 2.24) is 0 Å². The predicted octanol–water partition coefficient (Wildman–Crippen LogP) is 8.95. The fraction of sp³-hybridized carbons (Fsp3) is 0.786. The van der Waals surface area contributed by atoms with Crippen molar-refractivity contribution in [2.75, 3.05) is 26.4 Å². The molecule has 7 nitrogen and oxygen atoms in total. The molecule has 1 aromatic rings. The molecule has 0 heterocycles. The summed E-state index contributed by atoms with van der Waals surface area (Å²) >= 11 is 0. The van der Waals surface area contributed by atoms with Crippen molar-refractivity contribution in [3.05, 3.63) is 28.8 Å². The van der Waals surface area contributed by atoms with Crippen LogP contribution in [0.2, 0.25) is 0 Å². The zero-order chi connectivity index (χ0) is 28.5. The summed E-state index contributed by atoms with van der Waals surface area (Å²) in [5.74, 6) is 0.250. The van der Waals surface area contributed by atoms with Crippen LogP contribution < -0.4 is 0 Å². The smallest absolute Gasteiger partial charge is 0.346 e. The second-order valence-electron chi connectivity index (χ2n) is 11.5. The van der Waals surface area contributed by atoms with E-state index < -0.39 is 20.6 Å². The van der Waals surface area contributed by atoms with Crippen molar-refractivity contribution in [2.45, 2.75) is 118 Å². The van der Waals surface area contributed by atoms with E-state index in [1.807, 2.05) is 67.5 Å². The number of rotatable bonds is 16. The van der Waals surface area contributed by atoms with Gasteiger partial charge in [-0.2, -0.15) is 0 Å². The summed E-state index contributed by atoms with van der Waals surface area (Å²) in [6.45, 7) is 20.4. The van der Waals surface area contributed by atoms with Gasteiger partial charge < -0.3 is 23.2 Å². The Morgan fingerprint density at radius 2 is 1.11 bits per heavy atom. The van der Waals surface area contributed by atoms with Crippen LogP contribution in [0.15, 0.2) is 12.1 Å². The molecule has 1 unspecified atom stereocenters. The number of aromatic hydroxyl groups is 1. The zero-order valence-corrected chi connectivity index (χ0v) is 26.7. The summed E-state index contributed by atoms with van der Waals surface area (Å²) in [5, 5.41) is 10.0. The standard InChI is InChI=1S/C28H52O7P2/c1-11-15-17-34-37(31,35-18-16-12-2)25(36(30,32-13-3)33-14-4)21-22-19-23(27(5,6)7)26(29)24(20-22)28(8,9)10/h19-20,25,29H,11-18,21H2,1-10H3. The first-order chi connectivity index (χ1) is 17.1. The highest BCUT2D eigenvalue weighted by Gasteiger charge is 2.51. The number of phenolic OH excluding ortho intramolecular Hbond substituents is 1. The van der Waals surface area contributed by atoms with E-state index >= 15 is 0 Å². The van der Waals surface area contributed by atoms with Crippen molar-refractivity contribution in [3.63, 3.8) is 0 Å². The maximum atomic E-state index is 14.5. The second kappa shape index (κ2) is 14.6. The van der Waals surface area contributed by atoms with Gasteiger partial charge in [-0.1, -0.05) is 80.4 Å². The Kier molecular flexibility index (Phi) is 13.6. The fourth-order valence-electron chi connectivity index (χ4n) is 4.01. The highest BCUT2D eigenvalue weighted by atomic mass is 31.2. The van der Waals surface area contributed by atoms with Crippen molar-refractivity contribution < 1.29 is 32.3 Å². The lowest BCUT2D eigenvalue weighted by Crippen LogP contribution is -2.22. The molecular formula is C28H52O7P2. The molecule has 37 heavy (non-hydrogen) atoms. The summed E-state index contributed by atoms with van der Waals surface area (Å²) < 4.78 is 52.1. The van der Waals surface area contributed by atoms with Gasteiger partial charge in [-0.3, -0.25) is 9.13 Å². The maximum Gasteiger partial charge on any atom is 0.346 e. The van der Waals surface area contributed by atoms with Crippen LogP contribution in [-0.4, -0.2) is 36.9 Å². The lowest BCUT2D eigenvalue weighted by atomic mass is 9.78. The molecule has 0 amide bonds. The van der Waals surface area contributed by atoms with E-state index in [0.717, 1.165) is 29.5 Å². The molecule has 0 bridgehead atoms. The number of hydrogen-bond donors (Lipinski definition) is 1. The van der Waals surface area contributed by atoms with Crippen LogP contribution in [0.4, 0.5) is 0 Å².